The minimum absolute atomic E-state index is 0.0268. The van der Waals surface area contributed by atoms with E-state index in [2.05, 4.69) is 10.6 Å². The molecule has 0 radical (unpaired) electrons. The fourth-order valence-corrected chi connectivity index (χ4v) is 5.96. The zero-order valence-corrected chi connectivity index (χ0v) is 26.3. The highest BCUT2D eigenvalue weighted by Gasteiger charge is 2.40. The Balaban J connectivity index is 1.62. The fraction of sp³-hybridized carbons (Fsp3) is 0.467. The van der Waals surface area contributed by atoms with E-state index < -0.39 is 46.2 Å². The average Bonchev–Trinajstić information content (AvgIpc) is 3.47. The molecule has 2 aromatic carbocycles. The number of alkyl carbamates (subject to hydrolysis) is 1. The van der Waals surface area contributed by atoms with Crippen LogP contribution in [0.2, 0.25) is 0 Å². The predicted molar refractivity (Wildman–Crippen MR) is 160 cm³/mol. The number of carbonyl (C=O) groups excluding carboxylic acids is 3. The molecule has 0 aromatic heterocycles. The van der Waals surface area contributed by atoms with Crippen LogP contribution in [0.4, 0.5) is 9.59 Å². The Morgan fingerprint density at radius 3 is 2.20 bits per heavy atom. The molecule has 1 fully saturated rings. The highest BCUT2D eigenvalue weighted by Crippen LogP contribution is 2.27. The number of ether oxygens (including phenoxy) is 2. The van der Waals surface area contributed by atoms with Crippen molar-refractivity contribution in [1.82, 2.24) is 19.8 Å². The summed E-state index contributed by atoms with van der Waals surface area (Å²) < 4.78 is 38.3. The molecule has 14 heteroatoms. The van der Waals surface area contributed by atoms with Crippen molar-refractivity contribution in [3.63, 3.8) is 0 Å². The molecule has 0 saturated carbocycles. The molecule has 0 spiro atoms. The van der Waals surface area contributed by atoms with E-state index in [4.69, 9.17) is 9.47 Å². The molecule has 1 saturated heterocycles. The number of benzene rings is 2. The Morgan fingerprint density at radius 1 is 1.02 bits per heavy atom. The van der Waals surface area contributed by atoms with Gasteiger partial charge in [-0.2, -0.15) is 4.31 Å². The van der Waals surface area contributed by atoms with Crippen LogP contribution >= 0.6 is 0 Å². The van der Waals surface area contributed by atoms with Gasteiger partial charge in [-0.3, -0.25) is 4.79 Å². The molecule has 13 nitrogen and oxygen atoms in total. The number of aliphatic carboxylic acids is 1. The Hall–Kier alpha value is -4.17. The molecule has 1 aliphatic rings. The summed E-state index contributed by atoms with van der Waals surface area (Å²) in [5.41, 5.74) is 1.04. The predicted octanol–water partition coefficient (Wildman–Crippen LogP) is 2.98. The third-order valence-electron chi connectivity index (χ3n) is 6.66. The van der Waals surface area contributed by atoms with Gasteiger partial charge in [0.2, 0.25) is 15.9 Å². The van der Waals surface area contributed by atoms with Crippen LogP contribution in [0, 0.1) is 5.41 Å². The van der Waals surface area contributed by atoms with E-state index in [0.29, 0.717) is 17.5 Å². The van der Waals surface area contributed by atoms with E-state index in [1.807, 2.05) is 20.8 Å². The first-order chi connectivity index (χ1) is 20.6. The SMILES string of the molecule is CN(C)C(=O)Oc1ccc(C[C@H](NC(=O)[C@@H]2CCCN2S(=O)(=O)c2ccc(CNC(=O)OCC(C)(C)C)cc2)C(=O)O)cc1. The van der Waals surface area contributed by atoms with Crippen molar-refractivity contribution >= 4 is 34.1 Å². The van der Waals surface area contributed by atoms with Crippen molar-refractivity contribution < 1.29 is 42.2 Å². The zero-order valence-electron chi connectivity index (χ0n) is 25.5. The van der Waals surface area contributed by atoms with Crippen LogP contribution < -0.4 is 15.4 Å². The van der Waals surface area contributed by atoms with Gasteiger partial charge in [0.05, 0.1) is 11.5 Å². The number of amides is 3. The van der Waals surface area contributed by atoms with Gasteiger partial charge in [-0.1, -0.05) is 45.0 Å². The van der Waals surface area contributed by atoms with Crippen LogP contribution in [-0.2, 0) is 37.3 Å². The number of sulfonamides is 1. The molecule has 1 aliphatic heterocycles. The van der Waals surface area contributed by atoms with Crippen molar-refractivity contribution in [2.75, 3.05) is 27.2 Å². The van der Waals surface area contributed by atoms with Crippen LogP contribution in [0.5, 0.6) is 5.75 Å². The number of carboxylic acids is 1. The monoisotopic (exact) mass is 632 g/mol. The molecule has 240 valence electrons. The molecule has 2 aromatic rings. The Kier molecular flexibility index (Phi) is 11.3. The van der Waals surface area contributed by atoms with Crippen LogP contribution in [0.25, 0.3) is 0 Å². The second-order valence-electron chi connectivity index (χ2n) is 11.9. The first kappa shape index (κ1) is 34.3. The largest absolute Gasteiger partial charge is 0.480 e. The molecular weight excluding hydrogens is 592 g/mol. The van der Waals surface area contributed by atoms with Crippen molar-refractivity contribution in [2.45, 2.75) is 63.6 Å². The Morgan fingerprint density at radius 2 is 1.64 bits per heavy atom. The maximum Gasteiger partial charge on any atom is 0.414 e. The maximum atomic E-state index is 13.5. The topological polar surface area (TPSA) is 172 Å². The highest BCUT2D eigenvalue weighted by molar-refractivity contribution is 7.89. The molecule has 3 amide bonds. The molecule has 0 aliphatic carbocycles. The van der Waals surface area contributed by atoms with Gasteiger partial charge in [-0.05, 0) is 53.6 Å². The molecule has 0 unspecified atom stereocenters. The number of nitrogens with one attached hydrogen (secondary N) is 2. The minimum atomic E-state index is -4.07. The molecule has 1 heterocycles. The van der Waals surface area contributed by atoms with Crippen LogP contribution in [0.15, 0.2) is 53.4 Å². The summed E-state index contributed by atoms with van der Waals surface area (Å²) in [6.45, 7) is 6.30. The summed E-state index contributed by atoms with van der Waals surface area (Å²) in [5, 5.41) is 14.9. The van der Waals surface area contributed by atoms with E-state index in [1.54, 1.807) is 38.4 Å². The van der Waals surface area contributed by atoms with Crippen molar-refractivity contribution in [3.05, 3.63) is 59.7 Å². The second kappa shape index (κ2) is 14.5. The van der Waals surface area contributed by atoms with Gasteiger partial charge in [0.1, 0.15) is 17.8 Å². The smallest absolute Gasteiger partial charge is 0.414 e. The summed E-state index contributed by atoms with van der Waals surface area (Å²) in [6, 6.07) is 9.75. The lowest BCUT2D eigenvalue weighted by Gasteiger charge is -2.25. The fourth-order valence-electron chi connectivity index (χ4n) is 4.30. The lowest BCUT2D eigenvalue weighted by molar-refractivity contribution is -0.142. The summed E-state index contributed by atoms with van der Waals surface area (Å²) in [4.78, 5) is 50.1. The zero-order chi connectivity index (χ0) is 32.7. The van der Waals surface area contributed by atoms with Crippen molar-refractivity contribution in [3.8, 4) is 5.75 Å². The van der Waals surface area contributed by atoms with Crippen molar-refractivity contribution in [2.24, 2.45) is 5.41 Å². The molecule has 3 rings (SSSR count). The summed E-state index contributed by atoms with van der Waals surface area (Å²) >= 11 is 0. The first-order valence-electron chi connectivity index (χ1n) is 14.1. The van der Waals surface area contributed by atoms with Gasteiger partial charge in [0, 0.05) is 33.6 Å². The van der Waals surface area contributed by atoms with E-state index in [-0.39, 0.29) is 48.6 Å². The summed E-state index contributed by atoms with van der Waals surface area (Å²) in [5.74, 6) is -1.71. The van der Waals surface area contributed by atoms with E-state index in [0.717, 1.165) is 4.31 Å². The molecule has 0 bridgehead atoms. The lowest BCUT2D eigenvalue weighted by Crippen LogP contribution is -2.51. The van der Waals surface area contributed by atoms with Gasteiger partial charge >= 0.3 is 18.2 Å². The molecule has 3 N–H and O–H groups in total. The first-order valence-corrected chi connectivity index (χ1v) is 15.5. The van der Waals surface area contributed by atoms with Gasteiger partial charge in [0.25, 0.3) is 0 Å². The third kappa shape index (κ3) is 9.67. The molecule has 44 heavy (non-hydrogen) atoms. The van der Waals surface area contributed by atoms with E-state index in [1.165, 1.54) is 29.2 Å². The van der Waals surface area contributed by atoms with Gasteiger partial charge in [-0.25, -0.2) is 22.8 Å². The normalized spacial score (nSPS) is 16.1. The van der Waals surface area contributed by atoms with Gasteiger partial charge < -0.3 is 30.1 Å². The highest BCUT2D eigenvalue weighted by atomic mass is 32.2. The van der Waals surface area contributed by atoms with Gasteiger partial charge in [-0.15, -0.1) is 0 Å². The van der Waals surface area contributed by atoms with E-state index >= 15 is 0 Å². The van der Waals surface area contributed by atoms with E-state index in [9.17, 15) is 32.7 Å². The number of hydrogen-bond acceptors (Lipinski definition) is 8. The number of hydrogen-bond donors (Lipinski definition) is 3. The number of nitrogens with zero attached hydrogens (tertiary/aromatic N) is 2. The van der Waals surface area contributed by atoms with Crippen LogP contribution in [0.1, 0.15) is 44.7 Å². The summed E-state index contributed by atoms with van der Waals surface area (Å²) in [7, 11) is -0.993. The van der Waals surface area contributed by atoms with Crippen LogP contribution in [0.3, 0.4) is 0 Å². The number of carbonyl (C=O) groups is 4. The van der Waals surface area contributed by atoms with Gasteiger partial charge in [0.15, 0.2) is 0 Å². The average molecular weight is 633 g/mol. The third-order valence-corrected chi connectivity index (χ3v) is 8.58. The minimum Gasteiger partial charge on any atom is -0.480 e. The Bertz CT molecular complexity index is 1440. The standard InChI is InChI=1S/C30H40N4O9S/c1-30(2,3)19-42-28(38)31-18-21-10-14-23(15-11-21)44(40,41)34-16-6-7-25(34)26(35)32-24(27(36)37)17-20-8-12-22(13-9-20)43-29(39)33(4)5/h8-15,24-25H,6-7,16-19H2,1-5H3,(H,31,38)(H,32,35)(H,36,37)/t24-,25-/m0/s1. The van der Waals surface area contributed by atoms with Crippen LogP contribution in [-0.4, -0.2) is 86.1 Å². The quantitative estimate of drug-likeness (QED) is 0.337. The number of rotatable bonds is 11. The Labute approximate surface area is 257 Å². The maximum absolute atomic E-state index is 13.5. The molecular formula is C30H40N4O9S. The number of carboxylic acid groups (broad SMARTS) is 1. The molecule has 2 atom stereocenters. The summed E-state index contributed by atoms with van der Waals surface area (Å²) in [6.07, 6.45) is -0.541. The van der Waals surface area contributed by atoms with Crippen molar-refractivity contribution in [1.29, 1.82) is 0 Å². The second-order valence-corrected chi connectivity index (χ2v) is 13.8. The lowest BCUT2D eigenvalue weighted by atomic mass is 9.99.